The fourth-order valence-corrected chi connectivity index (χ4v) is 4.35. The molecule has 0 aromatic heterocycles. The molecule has 8 heteroatoms. The summed E-state index contributed by atoms with van der Waals surface area (Å²) in [6, 6.07) is 16.7. The molecule has 3 amide bonds. The van der Waals surface area contributed by atoms with Gasteiger partial charge in [0.2, 0.25) is 11.8 Å². The Bertz CT molecular complexity index is 991. The van der Waals surface area contributed by atoms with Crippen LogP contribution in [0.2, 0.25) is 0 Å². The molecule has 0 saturated carbocycles. The fraction of sp³-hybridized carbons (Fsp3) is 0.423. The Labute approximate surface area is 200 Å². The second kappa shape index (κ2) is 11.8. The standard InChI is InChI=1S/C26H32N4O4/c31-24-17-21(19-30(24)18-20-7-2-1-3-8-20)25(32)28-23-10-5-4-9-22(23)26(33)27-11-6-12-29-13-15-34-16-14-29/h1-5,7-10,21H,6,11-19H2,(H,27,33)(H,28,32)/t21-/m1/s1. The van der Waals surface area contributed by atoms with Gasteiger partial charge in [-0.3, -0.25) is 19.3 Å². The number of hydrogen-bond donors (Lipinski definition) is 2. The van der Waals surface area contributed by atoms with Gasteiger partial charge in [-0.25, -0.2) is 0 Å². The van der Waals surface area contributed by atoms with Gasteiger partial charge < -0.3 is 20.3 Å². The molecule has 0 radical (unpaired) electrons. The van der Waals surface area contributed by atoms with Crippen LogP contribution in [0, 0.1) is 5.92 Å². The van der Waals surface area contributed by atoms with Crippen molar-refractivity contribution in [3.05, 3.63) is 65.7 Å². The van der Waals surface area contributed by atoms with Crippen LogP contribution in [0.25, 0.3) is 0 Å². The van der Waals surface area contributed by atoms with Crippen molar-refractivity contribution in [1.29, 1.82) is 0 Å². The number of para-hydroxylation sites is 1. The molecule has 2 aliphatic rings. The number of morpholine rings is 1. The summed E-state index contributed by atoms with van der Waals surface area (Å²) in [5, 5.41) is 5.83. The van der Waals surface area contributed by atoms with Crippen molar-refractivity contribution in [2.75, 3.05) is 51.3 Å². The summed E-state index contributed by atoms with van der Waals surface area (Å²) < 4.78 is 5.35. The summed E-state index contributed by atoms with van der Waals surface area (Å²) in [7, 11) is 0. The molecule has 8 nitrogen and oxygen atoms in total. The number of likely N-dealkylation sites (tertiary alicyclic amines) is 1. The van der Waals surface area contributed by atoms with Crippen LogP contribution in [-0.4, -0.2) is 73.5 Å². The number of carbonyl (C=O) groups is 3. The summed E-state index contributed by atoms with van der Waals surface area (Å²) >= 11 is 0. The highest BCUT2D eigenvalue weighted by Gasteiger charge is 2.34. The molecule has 2 N–H and O–H groups in total. The van der Waals surface area contributed by atoms with Gasteiger partial charge in [0.25, 0.3) is 5.91 Å². The fourth-order valence-electron chi connectivity index (χ4n) is 4.35. The van der Waals surface area contributed by atoms with Crippen molar-refractivity contribution in [2.24, 2.45) is 5.92 Å². The number of amides is 3. The number of nitrogens with zero attached hydrogens (tertiary/aromatic N) is 2. The lowest BCUT2D eigenvalue weighted by Gasteiger charge is -2.26. The lowest BCUT2D eigenvalue weighted by Crippen LogP contribution is -2.38. The first kappa shape index (κ1) is 23.9. The van der Waals surface area contributed by atoms with Crippen LogP contribution >= 0.6 is 0 Å². The number of carbonyl (C=O) groups excluding carboxylic acids is 3. The van der Waals surface area contributed by atoms with E-state index in [2.05, 4.69) is 15.5 Å². The Morgan fingerprint density at radius 3 is 2.53 bits per heavy atom. The van der Waals surface area contributed by atoms with Crippen molar-refractivity contribution in [1.82, 2.24) is 15.1 Å². The van der Waals surface area contributed by atoms with Gasteiger partial charge in [-0.15, -0.1) is 0 Å². The monoisotopic (exact) mass is 464 g/mol. The summed E-state index contributed by atoms with van der Waals surface area (Å²) in [5.41, 5.74) is 1.92. The molecule has 1 atom stereocenters. The molecule has 2 fully saturated rings. The molecule has 2 heterocycles. The third-order valence-corrected chi connectivity index (χ3v) is 6.27. The first-order valence-corrected chi connectivity index (χ1v) is 11.9. The van der Waals surface area contributed by atoms with E-state index < -0.39 is 5.92 Å². The molecule has 34 heavy (non-hydrogen) atoms. The van der Waals surface area contributed by atoms with E-state index in [9.17, 15) is 14.4 Å². The quantitative estimate of drug-likeness (QED) is 0.555. The minimum Gasteiger partial charge on any atom is -0.379 e. The maximum Gasteiger partial charge on any atom is 0.253 e. The van der Waals surface area contributed by atoms with E-state index in [0.717, 1.165) is 44.8 Å². The number of hydrogen-bond acceptors (Lipinski definition) is 5. The molecule has 0 unspecified atom stereocenters. The molecule has 2 aromatic carbocycles. The normalized spacial score (nSPS) is 18.6. The molecule has 180 valence electrons. The van der Waals surface area contributed by atoms with E-state index in [4.69, 9.17) is 4.74 Å². The second-order valence-corrected chi connectivity index (χ2v) is 8.76. The number of ether oxygens (including phenoxy) is 1. The molecular weight excluding hydrogens is 432 g/mol. The number of benzene rings is 2. The highest BCUT2D eigenvalue weighted by atomic mass is 16.5. The largest absolute Gasteiger partial charge is 0.379 e. The maximum absolute atomic E-state index is 12.9. The molecule has 2 saturated heterocycles. The van der Waals surface area contributed by atoms with Crippen LogP contribution in [0.5, 0.6) is 0 Å². The second-order valence-electron chi connectivity index (χ2n) is 8.76. The van der Waals surface area contributed by atoms with Crippen LogP contribution in [0.3, 0.4) is 0 Å². The highest BCUT2D eigenvalue weighted by Crippen LogP contribution is 2.23. The Balaban J connectivity index is 1.28. The zero-order valence-corrected chi connectivity index (χ0v) is 19.4. The summed E-state index contributed by atoms with van der Waals surface area (Å²) in [6.07, 6.45) is 1.02. The average molecular weight is 465 g/mol. The predicted octanol–water partition coefficient (Wildman–Crippen LogP) is 2.13. The van der Waals surface area contributed by atoms with Crippen molar-refractivity contribution in [3.63, 3.8) is 0 Å². The molecule has 4 rings (SSSR count). The molecule has 2 aromatic rings. The van der Waals surface area contributed by atoms with Gasteiger partial charge in [-0.2, -0.15) is 0 Å². The molecule has 0 bridgehead atoms. The van der Waals surface area contributed by atoms with E-state index in [1.165, 1.54) is 0 Å². The van der Waals surface area contributed by atoms with Crippen LogP contribution in [0.15, 0.2) is 54.6 Å². The van der Waals surface area contributed by atoms with E-state index >= 15 is 0 Å². The Hall–Kier alpha value is -3.23. The minimum absolute atomic E-state index is 0.0321. The van der Waals surface area contributed by atoms with Crippen LogP contribution in [0.1, 0.15) is 28.8 Å². The Morgan fingerprint density at radius 1 is 1.00 bits per heavy atom. The maximum atomic E-state index is 12.9. The first-order chi connectivity index (χ1) is 16.6. The zero-order chi connectivity index (χ0) is 23.8. The molecular formula is C26H32N4O4. The lowest BCUT2D eigenvalue weighted by molar-refractivity contribution is -0.128. The zero-order valence-electron chi connectivity index (χ0n) is 19.4. The summed E-state index contributed by atoms with van der Waals surface area (Å²) in [5.74, 6) is -0.932. The van der Waals surface area contributed by atoms with Crippen LogP contribution in [-0.2, 0) is 20.9 Å². The smallest absolute Gasteiger partial charge is 0.253 e. The number of rotatable bonds is 9. The molecule has 0 aliphatic carbocycles. The van der Waals surface area contributed by atoms with Gasteiger partial charge in [0, 0.05) is 39.1 Å². The third kappa shape index (κ3) is 6.42. The van der Waals surface area contributed by atoms with E-state index in [-0.39, 0.29) is 24.1 Å². The molecule has 0 spiro atoms. The van der Waals surface area contributed by atoms with Gasteiger partial charge in [0.05, 0.1) is 30.4 Å². The summed E-state index contributed by atoms with van der Waals surface area (Å²) in [6.45, 7) is 5.71. The van der Waals surface area contributed by atoms with E-state index in [1.807, 2.05) is 30.3 Å². The van der Waals surface area contributed by atoms with Gasteiger partial charge in [0.1, 0.15) is 0 Å². The van der Waals surface area contributed by atoms with Crippen molar-refractivity contribution < 1.29 is 19.1 Å². The Kier molecular flexibility index (Phi) is 8.27. The third-order valence-electron chi connectivity index (χ3n) is 6.27. The number of anilines is 1. The van der Waals surface area contributed by atoms with E-state index in [1.54, 1.807) is 29.2 Å². The van der Waals surface area contributed by atoms with Gasteiger partial charge in [0.15, 0.2) is 0 Å². The van der Waals surface area contributed by atoms with E-state index in [0.29, 0.717) is 30.9 Å². The lowest BCUT2D eigenvalue weighted by atomic mass is 10.1. The predicted molar refractivity (Wildman–Crippen MR) is 129 cm³/mol. The Morgan fingerprint density at radius 2 is 1.74 bits per heavy atom. The summed E-state index contributed by atoms with van der Waals surface area (Å²) in [4.78, 5) is 42.2. The van der Waals surface area contributed by atoms with Crippen LogP contribution < -0.4 is 10.6 Å². The highest BCUT2D eigenvalue weighted by molar-refractivity contribution is 6.05. The van der Waals surface area contributed by atoms with Gasteiger partial charge >= 0.3 is 0 Å². The van der Waals surface area contributed by atoms with Gasteiger partial charge in [-0.05, 0) is 30.7 Å². The van der Waals surface area contributed by atoms with Crippen molar-refractivity contribution >= 4 is 23.4 Å². The minimum atomic E-state index is -0.444. The van der Waals surface area contributed by atoms with Crippen LogP contribution in [0.4, 0.5) is 5.69 Å². The van der Waals surface area contributed by atoms with Crippen molar-refractivity contribution in [3.8, 4) is 0 Å². The topological polar surface area (TPSA) is 91.0 Å². The first-order valence-electron chi connectivity index (χ1n) is 11.9. The number of nitrogens with one attached hydrogen (secondary N) is 2. The average Bonchev–Trinajstić information content (AvgIpc) is 3.23. The van der Waals surface area contributed by atoms with Crippen molar-refractivity contribution in [2.45, 2.75) is 19.4 Å². The SMILES string of the molecule is O=C(NCCCN1CCOCC1)c1ccccc1NC(=O)[C@@H]1CC(=O)N(Cc2ccccc2)C1. The van der Waals surface area contributed by atoms with Gasteiger partial charge in [-0.1, -0.05) is 42.5 Å². The molecule has 2 aliphatic heterocycles.